The fraction of sp³-hybridized carbons (Fsp3) is 0.462. The maximum Gasteiger partial charge on any atom is 0.254 e. The first-order valence-electron chi connectivity index (χ1n) is 11.6. The summed E-state index contributed by atoms with van der Waals surface area (Å²) in [5.41, 5.74) is 2.29. The number of hydrogen-bond donors (Lipinski definition) is 0. The number of rotatable bonds is 7. The number of carbonyl (C=O) groups is 2. The lowest BCUT2D eigenvalue weighted by atomic mass is 10.1. The molecular formula is C26H33N3O3. The second kappa shape index (κ2) is 10.2. The third-order valence-corrected chi connectivity index (χ3v) is 6.39. The van der Waals surface area contributed by atoms with Crippen molar-refractivity contribution in [2.45, 2.75) is 38.3 Å². The van der Waals surface area contributed by atoms with Gasteiger partial charge in [0.15, 0.2) is 0 Å². The van der Waals surface area contributed by atoms with E-state index >= 15 is 0 Å². The van der Waals surface area contributed by atoms with Crippen LogP contribution in [0.5, 0.6) is 5.75 Å². The standard InChI is InChI=1S/C26H33N3O3/c1-27(2)25(30)22-8-5-7-20(17-22)19-32-24-12-10-21(11-13-24)26(31)29-16-6-9-23(29)18-28-14-3-4-15-28/h5,7-8,10-13,17,23H,3-4,6,9,14-16,18-19H2,1-2H3/t23-/m0/s1. The molecule has 0 spiro atoms. The maximum atomic E-state index is 13.1. The first-order valence-corrected chi connectivity index (χ1v) is 11.6. The molecule has 0 bridgehead atoms. The summed E-state index contributed by atoms with van der Waals surface area (Å²) >= 11 is 0. The monoisotopic (exact) mass is 435 g/mol. The summed E-state index contributed by atoms with van der Waals surface area (Å²) in [5, 5.41) is 0. The van der Waals surface area contributed by atoms with Gasteiger partial charge in [-0.3, -0.25) is 9.59 Å². The normalized spacial score (nSPS) is 18.7. The predicted octanol–water partition coefficient (Wildman–Crippen LogP) is 3.67. The molecule has 2 saturated heterocycles. The quantitative estimate of drug-likeness (QED) is 0.666. The van der Waals surface area contributed by atoms with E-state index in [1.165, 1.54) is 12.8 Å². The van der Waals surface area contributed by atoms with Crippen LogP contribution in [0.2, 0.25) is 0 Å². The third-order valence-electron chi connectivity index (χ3n) is 6.39. The summed E-state index contributed by atoms with van der Waals surface area (Å²) in [6.45, 7) is 4.54. The average Bonchev–Trinajstić information content (AvgIpc) is 3.50. The smallest absolute Gasteiger partial charge is 0.254 e. The largest absolute Gasteiger partial charge is 0.489 e. The molecule has 0 radical (unpaired) electrons. The molecule has 32 heavy (non-hydrogen) atoms. The Balaban J connectivity index is 1.34. The van der Waals surface area contributed by atoms with E-state index in [-0.39, 0.29) is 11.8 Å². The summed E-state index contributed by atoms with van der Waals surface area (Å²) in [4.78, 5) is 31.4. The second-order valence-electron chi connectivity index (χ2n) is 9.02. The maximum absolute atomic E-state index is 13.1. The summed E-state index contributed by atoms with van der Waals surface area (Å²) in [7, 11) is 3.48. The minimum absolute atomic E-state index is 0.0281. The van der Waals surface area contributed by atoms with E-state index in [1.54, 1.807) is 19.0 Å². The Morgan fingerprint density at radius 1 is 0.969 bits per heavy atom. The van der Waals surface area contributed by atoms with Crippen LogP contribution in [0.4, 0.5) is 0 Å². The van der Waals surface area contributed by atoms with Crippen LogP contribution >= 0.6 is 0 Å². The number of ether oxygens (including phenoxy) is 1. The highest BCUT2D eigenvalue weighted by atomic mass is 16.5. The van der Waals surface area contributed by atoms with Gasteiger partial charge < -0.3 is 19.4 Å². The van der Waals surface area contributed by atoms with Crippen LogP contribution in [-0.2, 0) is 6.61 Å². The minimum Gasteiger partial charge on any atom is -0.489 e. The molecule has 2 aliphatic heterocycles. The van der Waals surface area contributed by atoms with Crippen molar-refractivity contribution in [3.8, 4) is 5.75 Å². The van der Waals surface area contributed by atoms with Crippen LogP contribution in [0.15, 0.2) is 48.5 Å². The van der Waals surface area contributed by atoms with Gasteiger partial charge in [0.1, 0.15) is 12.4 Å². The zero-order chi connectivity index (χ0) is 22.5. The summed E-state index contributed by atoms with van der Waals surface area (Å²) in [6, 6.07) is 15.2. The third kappa shape index (κ3) is 5.30. The average molecular weight is 436 g/mol. The van der Waals surface area contributed by atoms with Gasteiger partial charge in [0, 0.05) is 44.4 Å². The van der Waals surface area contributed by atoms with E-state index in [0.29, 0.717) is 29.5 Å². The highest BCUT2D eigenvalue weighted by Crippen LogP contribution is 2.24. The first-order chi connectivity index (χ1) is 15.5. The van der Waals surface area contributed by atoms with E-state index < -0.39 is 0 Å². The zero-order valence-corrected chi connectivity index (χ0v) is 19.1. The van der Waals surface area contributed by atoms with Crippen LogP contribution in [0, 0.1) is 0 Å². The van der Waals surface area contributed by atoms with E-state index in [2.05, 4.69) is 9.80 Å². The van der Waals surface area contributed by atoms with Gasteiger partial charge in [0.05, 0.1) is 0 Å². The molecule has 2 amide bonds. The van der Waals surface area contributed by atoms with Crippen molar-refractivity contribution in [2.75, 3.05) is 40.3 Å². The van der Waals surface area contributed by atoms with Gasteiger partial charge in [-0.15, -0.1) is 0 Å². The van der Waals surface area contributed by atoms with Crippen LogP contribution < -0.4 is 4.74 Å². The molecule has 0 N–H and O–H groups in total. The molecule has 2 aromatic rings. The summed E-state index contributed by atoms with van der Waals surface area (Å²) in [6.07, 6.45) is 4.73. The molecular weight excluding hydrogens is 402 g/mol. The molecule has 1 atom stereocenters. The van der Waals surface area contributed by atoms with Gasteiger partial charge in [-0.05, 0) is 80.7 Å². The topological polar surface area (TPSA) is 53.1 Å². The lowest BCUT2D eigenvalue weighted by Gasteiger charge is -2.28. The van der Waals surface area contributed by atoms with Crippen molar-refractivity contribution < 1.29 is 14.3 Å². The molecule has 0 saturated carbocycles. The van der Waals surface area contributed by atoms with Crippen LogP contribution in [-0.4, -0.2) is 72.8 Å². The molecule has 2 aromatic carbocycles. The van der Waals surface area contributed by atoms with Crippen molar-refractivity contribution in [3.63, 3.8) is 0 Å². The molecule has 2 heterocycles. The van der Waals surface area contributed by atoms with Gasteiger partial charge in [0.25, 0.3) is 11.8 Å². The summed E-state index contributed by atoms with van der Waals surface area (Å²) < 4.78 is 5.90. The minimum atomic E-state index is -0.0281. The Morgan fingerprint density at radius 2 is 1.72 bits per heavy atom. The fourth-order valence-electron chi connectivity index (χ4n) is 4.63. The Kier molecular flexibility index (Phi) is 7.10. The highest BCUT2D eigenvalue weighted by Gasteiger charge is 2.31. The summed E-state index contributed by atoms with van der Waals surface area (Å²) in [5.74, 6) is 0.800. The molecule has 0 unspecified atom stereocenters. The van der Waals surface area contributed by atoms with Crippen LogP contribution in [0.1, 0.15) is 52.0 Å². The second-order valence-corrected chi connectivity index (χ2v) is 9.02. The first kappa shape index (κ1) is 22.3. The van der Waals surface area contributed by atoms with Gasteiger partial charge in [-0.2, -0.15) is 0 Å². The van der Waals surface area contributed by atoms with Crippen molar-refractivity contribution >= 4 is 11.8 Å². The number of likely N-dealkylation sites (tertiary alicyclic amines) is 2. The van der Waals surface area contributed by atoms with Crippen LogP contribution in [0.25, 0.3) is 0 Å². The molecule has 2 aliphatic rings. The van der Waals surface area contributed by atoms with Gasteiger partial charge in [-0.1, -0.05) is 12.1 Å². The van der Waals surface area contributed by atoms with E-state index in [9.17, 15) is 9.59 Å². The van der Waals surface area contributed by atoms with E-state index in [4.69, 9.17) is 4.74 Å². The zero-order valence-electron chi connectivity index (χ0n) is 19.1. The SMILES string of the molecule is CN(C)C(=O)c1cccc(COc2ccc(C(=O)N3CCC[C@H]3CN3CCCC3)cc2)c1. The molecule has 6 heteroatoms. The molecule has 0 aliphatic carbocycles. The fourth-order valence-corrected chi connectivity index (χ4v) is 4.63. The molecule has 4 rings (SSSR count). The van der Waals surface area contributed by atoms with Crippen molar-refractivity contribution in [3.05, 3.63) is 65.2 Å². The van der Waals surface area contributed by atoms with Crippen LogP contribution in [0.3, 0.4) is 0 Å². The molecule has 2 fully saturated rings. The Hall–Kier alpha value is -2.86. The molecule has 6 nitrogen and oxygen atoms in total. The highest BCUT2D eigenvalue weighted by molar-refractivity contribution is 5.95. The van der Waals surface area contributed by atoms with E-state index in [0.717, 1.165) is 44.6 Å². The van der Waals surface area contributed by atoms with Crippen molar-refractivity contribution in [1.29, 1.82) is 0 Å². The lowest BCUT2D eigenvalue weighted by molar-refractivity contribution is 0.0708. The number of amides is 2. The van der Waals surface area contributed by atoms with Gasteiger partial charge in [-0.25, -0.2) is 0 Å². The number of nitrogens with zero attached hydrogens (tertiary/aromatic N) is 3. The Labute approximate surface area is 190 Å². The lowest BCUT2D eigenvalue weighted by Crippen LogP contribution is -2.42. The number of carbonyl (C=O) groups excluding carboxylic acids is 2. The molecule has 170 valence electrons. The van der Waals surface area contributed by atoms with E-state index in [1.807, 2.05) is 48.5 Å². The van der Waals surface area contributed by atoms with Crippen molar-refractivity contribution in [1.82, 2.24) is 14.7 Å². The predicted molar refractivity (Wildman–Crippen MR) is 125 cm³/mol. The van der Waals surface area contributed by atoms with Gasteiger partial charge >= 0.3 is 0 Å². The Morgan fingerprint density at radius 3 is 2.44 bits per heavy atom. The van der Waals surface area contributed by atoms with Crippen molar-refractivity contribution in [2.24, 2.45) is 0 Å². The van der Waals surface area contributed by atoms with Gasteiger partial charge in [0.2, 0.25) is 0 Å². The molecule has 0 aromatic heterocycles. The number of benzene rings is 2. The Bertz CT molecular complexity index is 936. The number of hydrogen-bond acceptors (Lipinski definition) is 4.